The van der Waals surface area contributed by atoms with Gasteiger partial charge in [-0.3, -0.25) is 9.80 Å². The van der Waals surface area contributed by atoms with Crippen LogP contribution in [0.25, 0.3) is 0 Å². The maximum Gasteiger partial charge on any atom is 0.238 e. The van der Waals surface area contributed by atoms with Crippen LogP contribution < -0.4 is 11.6 Å². The first-order valence-electron chi connectivity index (χ1n) is 4.95. The molecule has 1 amide bonds. The van der Waals surface area contributed by atoms with E-state index < -0.39 is 0 Å². The van der Waals surface area contributed by atoms with Crippen LogP contribution in [0.5, 0.6) is 0 Å². The van der Waals surface area contributed by atoms with Crippen molar-refractivity contribution >= 4 is 17.7 Å². The zero-order chi connectivity index (χ0) is 12.1. The summed E-state index contributed by atoms with van der Waals surface area (Å²) in [7, 11) is 1.52. The molecule has 4 nitrogen and oxygen atoms in total. The summed E-state index contributed by atoms with van der Waals surface area (Å²) in [5, 5.41) is 1.07. The van der Waals surface area contributed by atoms with Gasteiger partial charge in [0.05, 0.1) is 0 Å². The zero-order valence-electron chi connectivity index (χ0n) is 9.51. The van der Waals surface area contributed by atoms with Crippen molar-refractivity contribution in [1.82, 2.24) is 5.01 Å². The van der Waals surface area contributed by atoms with Crippen LogP contribution >= 0.6 is 11.8 Å². The summed E-state index contributed by atoms with van der Waals surface area (Å²) in [5.41, 5.74) is 6.87. The fourth-order valence-corrected chi connectivity index (χ4v) is 1.71. The summed E-state index contributed by atoms with van der Waals surface area (Å²) in [6, 6.07) is 7.59. The Morgan fingerprint density at radius 2 is 2.00 bits per heavy atom. The van der Waals surface area contributed by atoms with Gasteiger partial charge in [-0.15, -0.1) is 11.8 Å². The van der Waals surface area contributed by atoms with Crippen molar-refractivity contribution in [1.29, 1.82) is 0 Å². The highest BCUT2D eigenvalue weighted by Crippen LogP contribution is 2.19. The van der Waals surface area contributed by atoms with Crippen LogP contribution in [0.3, 0.4) is 0 Å². The molecule has 0 spiro atoms. The molecular formula is C11H17N3OS. The number of hydrogen-bond acceptors (Lipinski definition) is 4. The predicted molar refractivity (Wildman–Crippen MR) is 66.7 cm³/mol. The smallest absolute Gasteiger partial charge is 0.238 e. The third-order valence-electron chi connectivity index (χ3n) is 2.33. The van der Waals surface area contributed by atoms with Gasteiger partial charge >= 0.3 is 0 Å². The number of carbonyl (C=O) groups is 1. The number of thioether (sulfide) groups is 1. The topological polar surface area (TPSA) is 72.4 Å². The molecule has 1 aromatic rings. The lowest BCUT2D eigenvalue weighted by Gasteiger charge is -2.15. The molecule has 0 bridgehead atoms. The van der Waals surface area contributed by atoms with Crippen LogP contribution in [-0.4, -0.2) is 24.2 Å². The lowest BCUT2D eigenvalue weighted by atomic mass is 10.0. The van der Waals surface area contributed by atoms with Gasteiger partial charge in [0.1, 0.15) is 0 Å². The summed E-state index contributed by atoms with van der Waals surface area (Å²) >= 11 is 1.67. The quantitative estimate of drug-likeness (QED) is 0.357. The molecule has 1 aromatic carbocycles. The minimum atomic E-state index is -0.297. The Labute approximate surface area is 100.0 Å². The second-order valence-corrected chi connectivity index (χ2v) is 4.47. The van der Waals surface area contributed by atoms with Crippen molar-refractivity contribution in [2.24, 2.45) is 11.6 Å². The second kappa shape index (κ2) is 5.89. The SMILES string of the molecule is CSc1ccc(C(N)CC(=O)N(C)N)cc1. The van der Waals surface area contributed by atoms with Gasteiger partial charge < -0.3 is 5.73 Å². The lowest BCUT2D eigenvalue weighted by Crippen LogP contribution is -2.35. The normalized spacial score (nSPS) is 12.2. The average molecular weight is 239 g/mol. The van der Waals surface area contributed by atoms with Crippen molar-refractivity contribution in [3.63, 3.8) is 0 Å². The van der Waals surface area contributed by atoms with Crippen LogP contribution in [0, 0.1) is 0 Å². The average Bonchev–Trinajstić information content (AvgIpc) is 2.28. The third-order valence-corrected chi connectivity index (χ3v) is 3.08. The molecule has 1 atom stereocenters. The van der Waals surface area contributed by atoms with E-state index in [0.717, 1.165) is 10.6 Å². The van der Waals surface area contributed by atoms with E-state index in [9.17, 15) is 4.79 Å². The molecule has 0 heterocycles. The van der Waals surface area contributed by atoms with Gasteiger partial charge in [0.15, 0.2) is 0 Å². The Kier molecular flexibility index (Phi) is 4.79. The number of nitrogens with two attached hydrogens (primary N) is 2. The molecule has 0 radical (unpaired) electrons. The highest BCUT2D eigenvalue weighted by atomic mass is 32.2. The van der Waals surface area contributed by atoms with Crippen LogP contribution in [-0.2, 0) is 4.79 Å². The van der Waals surface area contributed by atoms with E-state index in [1.165, 1.54) is 11.9 Å². The fourth-order valence-electron chi connectivity index (χ4n) is 1.30. The van der Waals surface area contributed by atoms with Gasteiger partial charge in [-0.05, 0) is 24.0 Å². The Hall–Kier alpha value is -1.04. The standard InChI is InChI=1S/C11H17N3OS/c1-14(13)11(15)7-10(12)8-3-5-9(16-2)6-4-8/h3-6,10H,7,12-13H2,1-2H3. The Morgan fingerprint density at radius 3 is 2.44 bits per heavy atom. The molecule has 0 aliphatic rings. The van der Waals surface area contributed by atoms with Crippen LogP contribution in [0.15, 0.2) is 29.2 Å². The van der Waals surface area contributed by atoms with Crippen LogP contribution in [0.4, 0.5) is 0 Å². The predicted octanol–water partition coefficient (Wildman–Crippen LogP) is 1.13. The molecule has 0 aromatic heterocycles. The molecule has 0 saturated carbocycles. The fraction of sp³-hybridized carbons (Fsp3) is 0.364. The van der Waals surface area contributed by atoms with Crippen molar-refractivity contribution < 1.29 is 4.79 Å². The largest absolute Gasteiger partial charge is 0.324 e. The Bertz CT molecular complexity index is 351. The maximum atomic E-state index is 11.4. The number of carbonyl (C=O) groups excluding carboxylic acids is 1. The molecule has 0 aliphatic carbocycles. The first-order chi connectivity index (χ1) is 7.54. The summed E-state index contributed by atoms with van der Waals surface area (Å²) in [6.07, 6.45) is 2.24. The molecular weight excluding hydrogens is 222 g/mol. The van der Waals surface area contributed by atoms with E-state index in [2.05, 4.69) is 0 Å². The second-order valence-electron chi connectivity index (χ2n) is 3.59. The van der Waals surface area contributed by atoms with Gasteiger partial charge in [-0.1, -0.05) is 12.1 Å². The minimum absolute atomic E-state index is 0.165. The summed E-state index contributed by atoms with van der Waals surface area (Å²) < 4.78 is 0. The van der Waals surface area contributed by atoms with E-state index >= 15 is 0 Å². The van der Waals surface area contributed by atoms with Gasteiger partial charge in [0, 0.05) is 24.4 Å². The van der Waals surface area contributed by atoms with E-state index in [1.807, 2.05) is 30.5 Å². The number of amides is 1. The highest BCUT2D eigenvalue weighted by Gasteiger charge is 2.13. The monoisotopic (exact) mass is 239 g/mol. The van der Waals surface area contributed by atoms with Gasteiger partial charge in [0.2, 0.25) is 5.91 Å². The van der Waals surface area contributed by atoms with Crippen LogP contribution in [0.2, 0.25) is 0 Å². The van der Waals surface area contributed by atoms with E-state index in [1.54, 1.807) is 11.8 Å². The van der Waals surface area contributed by atoms with Gasteiger partial charge in [-0.2, -0.15) is 0 Å². The number of hydrogen-bond donors (Lipinski definition) is 2. The summed E-state index contributed by atoms with van der Waals surface area (Å²) in [6.45, 7) is 0. The zero-order valence-corrected chi connectivity index (χ0v) is 10.3. The first kappa shape index (κ1) is 13.0. The number of nitrogens with zero attached hydrogens (tertiary/aromatic N) is 1. The van der Waals surface area contributed by atoms with Crippen LogP contribution in [0.1, 0.15) is 18.0 Å². The van der Waals surface area contributed by atoms with Crippen molar-refractivity contribution in [2.75, 3.05) is 13.3 Å². The van der Waals surface area contributed by atoms with E-state index in [-0.39, 0.29) is 18.4 Å². The summed E-state index contributed by atoms with van der Waals surface area (Å²) in [5.74, 6) is 5.17. The molecule has 1 unspecified atom stereocenters. The van der Waals surface area contributed by atoms with Crippen molar-refractivity contribution in [2.45, 2.75) is 17.4 Å². The van der Waals surface area contributed by atoms with Crippen molar-refractivity contribution in [3.05, 3.63) is 29.8 Å². The highest BCUT2D eigenvalue weighted by molar-refractivity contribution is 7.98. The molecule has 1 rings (SSSR count). The summed E-state index contributed by atoms with van der Waals surface area (Å²) in [4.78, 5) is 12.5. The van der Waals surface area contributed by atoms with Crippen molar-refractivity contribution in [3.8, 4) is 0 Å². The first-order valence-corrected chi connectivity index (χ1v) is 6.18. The molecule has 5 heteroatoms. The maximum absolute atomic E-state index is 11.4. The van der Waals surface area contributed by atoms with Gasteiger partial charge in [0.25, 0.3) is 0 Å². The minimum Gasteiger partial charge on any atom is -0.324 e. The molecule has 0 aliphatic heterocycles. The molecule has 0 fully saturated rings. The number of hydrazine groups is 1. The lowest BCUT2D eigenvalue weighted by molar-refractivity contribution is -0.130. The third kappa shape index (κ3) is 3.52. The molecule has 88 valence electrons. The number of rotatable bonds is 4. The molecule has 4 N–H and O–H groups in total. The van der Waals surface area contributed by atoms with E-state index in [4.69, 9.17) is 11.6 Å². The molecule has 0 saturated heterocycles. The Balaban J connectivity index is 2.65. The number of benzene rings is 1. The molecule has 16 heavy (non-hydrogen) atoms. The Morgan fingerprint density at radius 1 is 1.44 bits per heavy atom. The van der Waals surface area contributed by atoms with Gasteiger partial charge in [-0.25, -0.2) is 5.84 Å². The van der Waals surface area contributed by atoms with E-state index in [0.29, 0.717) is 0 Å².